The van der Waals surface area contributed by atoms with Crippen LogP contribution in [0.25, 0.3) is 0 Å². The number of unbranched alkanes of at least 4 members (excludes halogenated alkanes) is 20. The summed E-state index contributed by atoms with van der Waals surface area (Å²) in [6.07, 6.45) is 60.4. The minimum atomic E-state index is 1.01. The third-order valence-corrected chi connectivity index (χ3v) is 8.84. The Kier molecular flexibility index (Phi) is 37.0. The predicted molar refractivity (Wildman–Crippen MR) is 196 cm³/mol. The molecule has 0 aliphatic heterocycles. The van der Waals surface area contributed by atoms with E-state index in [2.05, 4.69) is 69.4 Å². The first-order valence-corrected chi connectivity index (χ1v) is 19.4. The van der Waals surface area contributed by atoms with Crippen LogP contribution >= 0.6 is 0 Å². The Hall–Kier alpha value is -1.04. The average molecular weight is 583 g/mol. The molecule has 0 nitrogen and oxygen atoms in total. The van der Waals surface area contributed by atoms with E-state index >= 15 is 0 Å². The number of hydrogen-bond donors (Lipinski definition) is 0. The molecule has 0 aromatic heterocycles. The molecule has 246 valence electrons. The Bertz CT molecular complexity index is 543. The first-order chi connectivity index (χ1) is 20.8. The number of hydrogen-bond acceptors (Lipinski definition) is 0. The summed E-state index contributed by atoms with van der Waals surface area (Å²) in [7, 11) is 0. The van der Waals surface area contributed by atoms with E-state index < -0.39 is 0 Å². The van der Waals surface area contributed by atoms with Gasteiger partial charge in [0, 0.05) is 0 Å². The van der Waals surface area contributed by atoms with Crippen molar-refractivity contribution in [3.63, 3.8) is 0 Å². The molecule has 0 heteroatoms. The Balaban J connectivity index is 3.69. The Morgan fingerprint density at radius 1 is 0.286 bits per heavy atom. The summed E-state index contributed by atoms with van der Waals surface area (Å²) in [6.45, 7) is 6.90. The van der Waals surface area contributed by atoms with Crippen molar-refractivity contribution in [2.75, 3.05) is 0 Å². The van der Waals surface area contributed by atoms with Crippen LogP contribution in [0.5, 0.6) is 0 Å². The summed E-state index contributed by atoms with van der Waals surface area (Å²) in [5.41, 5.74) is 0. The van der Waals surface area contributed by atoms with Crippen molar-refractivity contribution in [2.45, 2.75) is 213 Å². The van der Waals surface area contributed by atoms with Crippen molar-refractivity contribution < 1.29 is 0 Å². The zero-order valence-electron chi connectivity index (χ0n) is 29.4. The molecule has 0 bridgehead atoms. The van der Waals surface area contributed by atoms with E-state index in [1.165, 1.54) is 180 Å². The lowest BCUT2D eigenvalue weighted by atomic mass is 9.89. The molecule has 0 aliphatic rings. The van der Waals surface area contributed by atoms with Crippen LogP contribution in [0.4, 0.5) is 0 Å². The fourth-order valence-electron chi connectivity index (χ4n) is 5.96. The highest BCUT2D eigenvalue weighted by Gasteiger charge is 2.08. The van der Waals surface area contributed by atoms with Gasteiger partial charge in [-0.25, -0.2) is 0 Å². The van der Waals surface area contributed by atoms with E-state index in [9.17, 15) is 0 Å². The molecule has 0 fully saturated rings. The summed E-state index contributed by atoms with van der Waals surface area (Å²) in [4.78, 5) is 0. The zero-order valence-corrected chi connectivity index (χ0v) is 29.4. The standard InChI is InChI=1S/C42H78/c1-4-7-10-12-14-16-18-20-22-24-26-28-30-32-34-37-40-42(39-36-9-6-3)41-38-35-33-31-29-27-25-23-21-19-17-15-13-11-8-5-2/h14-17,20-23,42H,4-13,18-19,24-41H2,1-3H3/b16-14-,17-15-,22-20-,23-21-. The van der Waals surface area contributed by atoms with Gasteiger partial charge in [0.15, 0.2) is 0 Å². The molecule has 0 unspecified atom stereocenters. The minimum absolute atomic E-state index is 1.01. The molecule has 0 rings (SSSR count). The summed E-state index contributed by atoms with van der Waals surface area (Å²) < 4.78 is 0. The van der Waals surface area contributed by atoms with Gasteiger partial charge < -0.3 is 0 Å². The molecule has 0 aliphatic carbocycles. The van der Waals surface area contributed by atoms with Crippen molar-refractivity contribution in [1.82, 2.24) is 0 Å². The highest BCUT2D eigenvalue weighted by molar-refractivity contribution is 4.93. The molecular weight excluding hydrogens is 504 g/mol. The lowest BCUT2D eigenvalue weighted by molar-refractivity contribution is 0.367. The fraction of sp³-hybridized carbons (Fsp3) is 0.810. The van der Waals surface area contributed by atoms with Crippen LogP contribution in [0.3, 0.4) is 0 Å². The molecule has 0 amide bonds. The van der Waals surface area contributed by atoms with Crippen LogP contribution in [-0.4, -0.2) is 0 Å². The molecule has 0 atom stereocenters. The normalized spacial score (nSPS) is 12.5. The summed E-state index contributed by atoms with van der Waals surface area (Å²) in [5, 5.41) is 0. The molecule has 0 aromatic carbocycles. The van der Waals surface area contributed by atoms with Gasteiger partial charge in [-0.15, -0.1) is 0 Å². The fourth-order valence-corrected chi connectivity index (χ4v) is 5.96. The van der Waals surface area contributed by atoms with Crippen molar-refractivity contribution in [3.05, 3.63) is 48.6 Å². The first-order valence-electron chi connectivity index (χ1n) is 19.4. The van der Waals surface area contributed by atoms with Crippen molar-refractivity contribution >= 4 is 0 Å². The highest BCUT2D eigenvalue weighted by atomic mass is 14.1. The molecule has 0 spiro atoms. The van der Waals surface area contributed by atoms with Gasteiger partial charge >= 0.3 is 0 Å². The van der Waals surface area contributed by atoms with Crippen LogP contribution in [-0.2, 0) is 0 Å². The Morgan fingerprint density at radius 2 is 0.548 bits per heavy atom. The van der Waals surface area contributed by atoms with Gasteiger partial charge in [-0.05, 0) is 70.1 Å². The second-order valence-corrected chi connectivity index (χ2v) is 13.1. The quantitative estimate of drug-likeness (QED) is 0.0523. The van der Waals surface area contributed by atoms with Crippen LogP contribution in [0, 0.1) is 5.92 Å². The lowest BCUT2D eigenvalue weighted by Crippen LogP contribution is -2.01. The second-order valence-electron chi connectivity index (χ2n) is 13.1. The van der Waals surface area contributed by atoms with Gasteiger partial charge in [0.2, 0.25) is 0 Å². The molecular formula is C42H78. The van der Waals surface area contributed by atoms with E-state index in [0.29, 0.717) is 0 Å². The molecule has 0 N–H and O–H groups in total. The first kappa shape index (κ1) is 41.0. The zero-order chi connectivity index (χ0) is 30.4. The van der Waals surface area contributed by atoms with Crippen molar-refractivity contribution in [2.24, 2.45) is 5.92 Å². The van der Waals surface area contributed by atoms with E-state index in [4.69, 9.17) is 0 Å². The molecule has 0 heterocycles. The Morgan fingerprint density at radius 3 is 0.905 bits per heavy atom. The third-order valence-electron chi connectivity index (χ3n) is 8.84. The van der Waals surface area contributed by atoms with Crippen molar-refractivity contribution in [1.29, 1.82) is 0 Å². The van der Waals surface area contributed by atoms with Gasteiger partial charge in [-0.3, -0.25) is 0 Å². The maximum Gasteiger partial charge on any atom is -0.0169 e. The summed E-state index contributed by atoms with van der Waals surface area (Å²) >= 11 is 0. The Labute approximate surface area is 267 Å². The monoisotopic (exact) mass is 583 g/mol. The van der Waals surface area contributed by atoms with E-state index in [-0.39, 0.29) is 0 Å². The lowest BCUT2D eigenvalue weighted by Gasteiger charge is -2.17. The van der Waals surface area contributed by atoms with Gasteiger partial charge in [-0.1, -0.05) is 198 Å². The van der Waals surface area contributed by atoms with Crippen LogP contribution in [0.2, 0.25) is 0 Å². The number of rotatable bonds is 34. The maximum absolute atomic E-state index is 2.41. The highest BCUT2D eigenvalue weighted by Crippen LogP contribution is 2.24. The second kappa shape index (κ2) is 38.0. The molecule has 0 radical (unpaired) electrons. The van der Waals surface area contributed by atoms with Gasteiger partial charge in [0.05, 0.1) is 0 Å². The minimum Gasteiger partial charge on any atom is -0.0882 e. The smallest absolute Gasteiger partial charge is 0.0169 e. The summed E-state index contributed by atoms with van der Waals surface area (Å²) in [6, 6.07) is 0. The molecule has 0 saturated carbocycles. The van der Waals surface area contributed by atoms with E-state index in [1.807, 2.05) is 0 Å². The van der Waals surface area contributed by atoms with Crippen LogP contribution < -0.4 is 0 Å². The van der Waals surface area contributed by atoms with Crippen LogP contribution in [0.1, 0.15) is 213 Å². The SMILES string of the molecule is CCCCC/C=C\C/C=C\CCCCCCCCC(CCCCC)CCCCCCCC/C=C\C/C=C\CCCCC. The van der Waals surface area contributed by atoms with Gasteiger partial charge in [-0.2, -0.15) is 0 Å². The third kappa shape index (κ3) is 35.2. The molecule has 42 heavy (non-hydrogen) atoms. The topological polar surface area (TPSA) is 0 Å². The average Bonchev–Trinajstić information content (AvgIpc) is 3.00. The van der Waals surface area contributed by atoms with E-state index in [1.54, 1.807) is 0 Å². The number of allylic oxidation sites excluding steroid dienone is 8. The maximum atomic E-state index is 2.41. The van der Waals surface area contributed by atoms with Gasteiger partial charge in [0.1, 0.15) is 0 Å². The van der Waals surface area contributed by atoms with Crippen molar-refractivity contribution in [3.8, 4) is 0 Å². The van der Waals surface area contributed by atoms with Crippen LogP contribution in [0.15, 0.2) is 48.6 Å². The molecule has 0 saturated heterocycles. The summed E-state index contributed by atoms with van der Waals surface area (Å²) in [5.74, 6) is 1.01. The largest absolute Gasteiger partial charge is 0.0882 e. The molecule has 0 aromatic rings. The van der Waals surface area contributed by atoms with E-state index in [0.717, 1.165) is 18.8 Å². The van der Waals surface area contributed by atoms with Gasteiger partial charge in [0.25, 0.3) is 0 Å². The predicted octanol–water partition coefficient (Wildman–Crippen LogP) is 15.6.